The Bertz CT molecular complexity index is 114. The fourth-order valence-electron chi connectivity index (χ4n) is 1.70. The Labute approximate surface area is 63.6 Å². The van der Waals surface area contributed by atoms with Gasteiger partial charge in [0.2, 0.25) is 0 Å². The van der Waals surface area contributed by atoms with E-state index in [9.17, 15) is 0 Å². The van der Waals surface area contributed by atoms with Gasteiger partial charge in [-0.15, -0.1) is 0 Å². The maximum absolute atomic E-state index is 3.37. The van der Waals surface area contributed by atoms with Gasteiger partial charge >= 0.3 is 0 Å². The summed E-state index contributed by atoms with van der Waals surface area (Å²) in [6.45, 7) is 4.74. The predicted octanol–water partition coefficient (Wildman–Crippen LogP) is 0.690. The van der Waals surface area contributed by atoms with Gasteiger partial charge in [-0.3, -0.25) is 0 Å². The van der Waals surface area contributed by atoms with E-state index in [1.807, 2.05) is 0 Å². The van der Waals surface area contributed by atoms with Crippen LogP contribution in [0.5, 0.6) is 0 Å². The molecule has 1 unspecified atom stereocenters. The van der Waals surface area contributed by atoms with E-state index in [-0.39, 0.29) is 0 Å². The lowest BCUT2D eigenvalue weighted by Crippen LogP contribution is -2.52. The predicted molar refractivity (Wildman–Crippen MR) is 44.2 cm³/mol. The molecular formula is C8H18N2. The molecule has 60 valence electrons. The number of likely N-dealkylation sites (N-methyl/N-ethyl adjacent to an activating group) is 2. The Hall–Kier alpha value is -0.0800. The molecule has 1 atom stereocenters. The second-order valence-electron chi connectivity index (χ2n) is 3.65. The zero-order valence-electron chi connectivity index (χ0n) is 7.28. The van der Waals surface area contributed by atoms with E-state index in [4.69, 9.17) is 0 Å². The molecule has 2 nitrogen and oxygen atoms in total. The Morgan fingerprint density at radius 3 is 2.60 bits per heavy atom. The number of rotatable bonds is 1. The molecule has 1 aliphatic heterocycles. The zero-order valence-corrected chi connectivity index (χ0v) is 7.28. The summed E-state index contributed by atoms with van der Waals surface area (Å²) in [5, 5.41) is 3.37. The highest BCUT2D eigenvalue weighted by molar-refractivity contribution is 4.88. The van der Waals surface area contributed by atoms with E-state index in [0.717, 1.165) is 0 Å². The topological polar surface area (TPSA) is 15.3 Å². The zero-order chi connectivity index (χ0) is 7.61. The molecule has 1 rings (SSSR count). The first-order valence-corrected chi connectivity index (χ1v) is 4.04. The monoisotopic (exact) mass is 142 g/mol. The van der Waals surface area contributed by atoms with Crippen LogP contribution in [0.4, 0.5) is 0 Å². The molecule has 1 N–H and O–H groups in total. The summed E-state index contributed by atoms with van der Waals surface area (Å²) in [4.78, 5) is 2.39. The van der Waals surface area contributed by atoms with Crippen molar-refractivity contribution >= 4 is 0 Å². The van der Waals surface area contributed by atoms with Crippen molar-refractivity contribution in [1.82, 2.24) is 10.2 Å². The largest absolute Gasteiger partial charge is 0.313 e. The number of hydrogen-bond acceptors (Lipinski definition) is 2. The molecule has 0 aliphatic carbocycles. The SMILES string of the molecule is CNC1(C)CCCN(C)C1. The summed E-state index contributed by atoms with van der Waals surface area (Å²) >= 11 is 0. The Kier molecular flexibility index (Phi) is 2.32. The van der Waals surface area contributed by atoms with Crippen molar-refractivity contribution in [2.24, 2.45) is 0 Å². The van der Waals surface area contributed by atoms with Gasteiger partial charge < -0.3 is 10.2 Å². The summed E-state index contributed by atoms with van der Waals surface area (Å²) in [5.74, 6) is 0. The van der Waals surface area contributed by atoms with Gasteiger partial charge in [0.15, 0.2) is 0 Å². The fourth-order valence-corrected chi connectivity index (χ4v) is 1.70. The van der Waals surface area contributed by atoms with Crippen LogP contribution in [0.25, 0.3) is 0 Å². The third-order valence-corrected chi connectivity index (χ3v) is 2.49. The minimum absolute atomic E-state index is 0.368. The lowest BCUT2D eigenvalue weighted by Gasteiger charge is -2.38. The van der Waals surface area contributed by atoms with Gasteiger partial charge in [-0.2, -0.15) is 0 Å². The first-order valence-electron chi connectivity index (χ1n) is 4.04. The number of likely N-dealkylation sites (tertiary alicyclic amines) is 1. The first kappa shape index (κ1) is 8.02. The van der Waals surface area contributed by atoms with Crippen molar-refractivity contribution in [3.63, 3.8) is 0 Å². The molecule has 0 amide bonds. The maximum Gasteiger partial charge on any atom is 0.0278 e. The number of hydrogen-bond donors (Lipinski definition) is 1. The molecule has 1 fully saturated rings. The standard InChI is InChI=1S/C8H18N2/c1-8(9-2)5-4-6-10(3)7-8/h9H,4-7H2,1-3H3. The molecule has 0 radical (unpaired) electrons. The third kappa shape index (κ3) is 1.70. The van der Waals surface area contributed by atoms with Gasteiger partial charge in [-0.1, -0.05) is 0 Å². The molecule has 1 heterocycles. The molecule has 0 saturated carbocycles. The van der Waals surface area contributed by atoms with Gasteiger partial charge in [0.1, 0.15) is 0 Å². The van der Waals surface area contributed by atoms with E-state index >= 15 is 0 Å². The van der Waals surface area contributed by atoms with E-state index in [2.05, 4.69) is 31.2 Å². The van der Waals surface area contributed by atoms with Gasteiger partial charge in [-0.05, 0) is 40.4 Å². The average Bonchev–Trinajstić information content (AvgIpc) is 1.88. The third-order valence-electron chi connectivity index (χ3n) is 2.49. The van der Waals surface area contributed by atoms with E-state index in [1.165, 1.54) is 25.9 Å². The van der Waals surface area contributed by atoms with Gasteiger partial charge in [0.25, 0.3) is 0 Å². The highest BCUT2D eigenvalue weighted by Crippen LogP contribution is 2.18. The van der Waals surface area contributed by atoms with Crippen molar-refractivity contribution in [3.8, 4) is 0 Å². The Balaban J connectivity index is 2.45. The summed E-state index contributed by atoms with van der Waals surface area (Å²) in [6, 6.07) is 0. The summed E-state index contributed by atoms with van der Waals surface area (Å²) in [5.41, 5.74) is 0.368. The molecule has 0 spiro atoms. The van der Waals surface area contributed by atoms with Crippen LogP contribution in [0, 0.1) is 0 Å². The van der Waals surface area contributed by atoms with E-state index in [1.54, 1.807) is 0 Å². The molecule has 0 aromatic carbocycles. The van der Waals surface area contributed by atoms with Crippen LogP contribution < -0.4 is 5.32 Å². The highest BCUT2D eigenvalue weighted by Gasteiger charge is 2.26. The molecule has 10 heavy (non-hydrogen) atoms. The minimum atomic E-state index is 0.368. The normalized spacial score (nSPS) is 36.3. The maximum atomic E-state index is 3.37. The van der Waals surface area contributed by atoms with Crippen molar-refractivity contribution < 1.29 is 0 Å². The number of nitrogens with one attached hydrogen (secondary N) is 1. The lowest BCUT2D eigenvalue weighted by molar-refractivity contribution is 0.166. The number of nitrogens with zero attached hydrogens (tertiary/aromatic N) is 1. The molecule has 1 aliphatic rings. The Morgan fingerprint density at radius 2 is 2.20 bits per heavy atom. The van der Waals surface area contributed by atoms with Crippen LogP contribution >= 0.6 is 0 Å². The molecule has 2 heteroatoms. The van der Waals surface area contributed by atoms with E-state index in [0.29, 0.717) is 5.54 Å². The van der Waals surface area contributed by atoms with E-state index < -0.39 is 0 Å². The second kappa shape index (κ2) is 2.89. The van der Waals surface area contributed by atoms with Gasteiger partial charge in [-0.25, -0.2) is 0 Å². The first-order chi connectivity index (χ1) is 4.66. The summed E-state index contributed by atoms with van der Waals surface area (Å²) in [6.07, 6.45) is 2.64. The van der Waals surface area contributed by atoms with Crippen molar-refractivity contribution in [2.75, 3.05) is 27.2 Å². The molecule has 0 aromatic rings. The van der Waals surface area contributed by atoms with Crippen molar-refractivity contribution in [1.29, 1.82) is 0 Å². The van der Waals surface area contributed by atoms with Crippen molar-refractivity contribution in [3.05, 3.63) is 0 Å². The van der Waals surface area contributed by atoms with Crippen LogP contribution in [-0.2, 0) is 0 Å². The Morgan fingerprint density at radius 1 is 1.50 bits per heavy atom. The molecule has 1 saturated heterocycles. The second-order valence-corrected chi connectivity index (χ2v) is 3.65. The fraction of sp³-hybridized carbons (Fsp3) is 1.00. The van der Waals surface area contributed by atoms with Crippen LogP contribution in [0.2, 0.25) is 0 Å². The van der Waals surface area contributed by atoms with Crippen LogP contribution in [-0.4, -0.2) is 37.6 Å². The number of piperidine rings is 1. The smallest absolute Gasteiger partial charge is 0.0278 e. The van der Waals surface area contributed by atoms with Crippen LogP contribution in [0.15, 0.2) is 0 Å². The summed E-state index contributed by atoms with van der Waals surface area (Å²) in [7, 11) is 4.24. The molecular weight excluding hydrogens is 124 g/mol. The highest BCUT2D eigenvalue weighted by atomic mass is 15.1. The molecule has 0 aromatic heterocycles. The van der Waals surface area contributed by atoms with Crippen LogP contribution in [0.3, 0.4) is 0 Å². The minimum Gasteiger partial charge on any atom is -0.313 e. The van der Waals surface area contributed by atoms with Crippen LogP contribution in [0.1, 0.15) is 19.8 Å². The quantitative estimate of drug-likeness (QED) is 0.579. The van der Waals surface area contributed by atoms with Gasteiger partial charge in [0.05, 0.1) is 0 Å². The van der Waals surface area contributed by atoms with Gasteiger partial charge in [0, 0.05) is 12.1 Å². The van der Waals surface area contributed by atoms with Crippen molar-refractivity contribution in [2.45, 2.75) is 25.3 Å². The average molecular weight is 142 g/mol. The lowest BCUT2D eigenvalue weighted by atomic mass is 9.92. The molecule has 0 bridgehead atoms. The summed E-state index contributed by atoms with van der Waals surface area (Å²) < 4.78 is 0.